The highest BCUT2D eigenvalue weighted by molar-refractivity contribution is 5.29. The van der Waals surface area contributed by atoms with E-state index in [-0.39, 0.29) is 11.6 Å². The summed E-state index contributed by atoms with van der Waals surface area (Å²) in [6.45, 7) is 4.61. The van der Waals surface area contributed by atoms with E-state index in [4.69, 9.17) is 4.74 Å². The van der Waals surface area contributed by atoms with Gasteiger partial charge < -0.3 is 10.1 Å². The second-order valence-corrected chi connectivity index (χ2v) is 3.92. The number of hydrogen-bond donors (Lipinski definition) is 1. The molecule has 0 aliphatic heterocycles. The van der Waals surface area contributed by atoms with Crippen LogP contribution in [0.15, 0.2) is 12.1 Å². The Morgan fingerprint density at radius 2 is 2.06 bits per heavy atom. The minimum Gasteiger partial charge on any atom is -0.382 e. The molecule has 0 saturated heterocycles. The van der Waals surface area contributed by atoms with Gasteiger partial charge in [-0.3, -0.25) is 0 Å². The fourth-order valence-corrected chi connectivity index (χ4v) is 1.78. The van der Waals surface area contributed by atoms with Crippen molar-refractivity contribution < 1.29 is 13.5 Å². The van der Waals surface area contributed by atoms with Crippen LogP contribution in [0.2, 0.25) is 0 Å². The molecule has 0 aromatic heterocycles. The number of ether oxygens (including phenoxy) is 1. The highest BCUT2D eigenvalue weighted by Gasteiger charge is 2.19. The van der Waals surface area contributed by atoms with Crippen molar-refractivity contribution in [3.8, 4) is 0 Å². The number of halogens is 2. The van der Waals surface area contributed by atoms with Gasteiger partial charge in [0.05, 0.1) is 0 Å². The van der Waals surface area contributed by atoms with Crippen LogP contribution in [-0.4, -0.2) is 20.3 Å². The molecule has 0 aliphatic carbocycles. The maximum Gasteiger partial charge on any atom is 0.133 e. The second kappa shape index (κ2) is 6.67. The largest absolute Gasteiger partial charge is 0.382 e. The lowest BCUT2D eigenvalue weighted by Gasteiger charge is -2.18. The Bertz CT molecular complexity index is 369. The van der Waals surface area contributed by atoms with Crippen LogP contribution in [0.1, 0.15) is 30.5 Å². The Labute approximate surface area is 101 Å². The molecule has 17 heavy (non-hydrogen) atoms. The third-order valence-corrected chi connectivity index (χ3v) is 2.77. The van der Waals surface area contributed by atoms with Crippen molar-refractivity contribution in [2.24, 2.45) is 0 Å². The van der Waals surface area contributed by atoms with Crippen LogP contribution in [0.3, 0.4) is 0 Å². The summed E-state index contributed by atoms with van der Waals surface area (Å²) < 4.78 is 32.8. The van der Waals surface area contributed by atoms with Gasteiger partial charge in [0.2, 0.25) is 0 Å². The predicted molar refractivity (Wildman–Crippen MR) is 64.0 cm³/mol. The lowest BCUT2D eigenvalue weighted by Crippen LogP contribution is -2.21. The van der Waals surface area contributed by atoms with E-state index in [9.17, 15) is 8.78 Å². The Balaban J connectivity index is 2.91. The minimum absolute atomic E-state index is 0.104. The van der Waals surface area contributed by atoms with Crippen LogP contribution >= 0.6 is 0 Å². The first-order valence-electron chi connectivity index (χ1n) is 5.81. The summed E-state index contributed by atoms with van der Waals surface area (Å²) in [6, 6.07) is 2.39. The van der Waals surface area contributed by atoms with E-state index in [1.807, 2.05) is 6.92 Å². The van der Waals surface area contributed by atoms with Crippen LogP contribution in [0.5, 0.6) is 0 Å². The van der Waals surface area contributed by atoms with Gasteiger partial charge in [0, 0.05) is 24.8 Å². The maximum atomic E-state index is 13.9. The summed E-state index contributed by atoms with van der Waals surface area (Å²) in [4.78, 5) is 0. The van der Waals surface area contributed by atoms with Gasteiger partial charge >= 0.3 is 0 Å². The molecule has 0 aliphatic rings. The van der Waals surface area contributed by atoms with Crippen LogP contribution < -0.4 is 5.32 Å². The van der Waals surface area contributed by atoms with Gasteiger partial charge in [-0.15, -0.1) is 0 Å². The summed E-state index contributed by atoms with van der Waals surface area (Å²) in [5.41, 5.74) is 0.560. The van der Waals surface area contributed by atoms with Crippen molar-refractivity contribution in [3.05, 3.63) is 34.9 Å². The van der Waals surface area contributed by atoms with Crippen LogP contribution in [0.25, 0.3) is 0 Å². The molecule has 0 heterocycles. The van der Waals surface area contributed by atoms with Gasteiger partial charge in [-0.25, -0.2) is 8.78 Å². The molecule has 1 atom stereocenters. The minimum atomic E-state index is -0.510. The zero-order valence-corrected chi connectivity index (χ0v) is 10.5. The van der Waals surface area contributed by atoms with Crippen molar-refractivity contribution in [1.29, 1.82) is 0 Å². The third kappa shape index (κ3) is 3.48. The highest BCUT2D eigenvalue weighted by Crippen LogP contribution is 2.25. The number of aryl methyl sites for hydroxylation is 1. The molecule has 0 radical (unpaired) electrons. The average Bonchev–Trinajstić information content (AvgIpc) is 2.32. The maximum absolute atomic E-state index is 13.9. The molecule has 96 valence electrons. The molecule has 0 saturated carbocycles. The van der Waals surface area contributed by atoms with Crippen molar-refractivity contribution in [2.45, 2.75) is 26.3 Å². The molecule has 0 fully saturated rings. The fourth-order valence-electron chi connectivity index (χ4n) is 1.78. The monoisotopic (exact) mass is 243 g/mol. The van der Waals surface area contributed by atoms with Crippen molar-refractivity contribution in [2.75, 3.05) is 20.3 Å². The molecule has 1 aromatic carbocycles. The molecule has 1 aromatic rings. The van der Waals surface area contributed by atoms with Crippen molar-refractivity contribution in [1.82, 2.24) is 5.32 Å². The standard InChI is InChI=1S/C13H19F2NO/c1-4-17-8-7-11(16-3)12-10(14)6-5-9(2)13(12)15/h5-6,11,16H,4,7-8H2,1-3H3. The van der Waals surface area contributed by atoms with Gasteiger partial charge in [-0.05, 0) is 38.9 Å². The topological polar surface area (TPSA) is 21.3 Å². The lowest BCUT2D eigenvalue weighted by atomic mass is 10.0. The van der Waals surface area contributed by atoms with Crippen LogP contribution in [-0.2, 0) is 4.74 Å². The van der Waals surface area contributed by atoms with Gasteiger partial charge in [0.1, 0.15) is 11.6 Å². The van der Waals surface area contributed by atoms with E-state index in [1.165, 1.54) is 12.1 Å². The molecule has 4 heteroatoms. The molecule has 0 bridgehead atoms. The zero-order chi connectivity index (χ0) is 12.8. The number of benzene rings is 1. The first-order chi connectivity index (χ1) is 8.11. The van der Waals surface area contributed by atoms with E-state index in [0.717, 1.165) is 0 Å². The summed E-state index contributed by atoms with van der Waals surface area (Å²) in [5, 5.41) is 2.93. The van der Waals surface area contributed by atoms with Crippen molar-refractivity contribution in [3.63, 3.8) is 0 Å². The molecule has 0 amide bonds. The van der Waals surface area contributed by atoms with E-state index >= 15 is 0 Å². The molecular weight excluding hydrogens is 224 g/mol. The fraction of sp³-hybridized carbons (Fsp3) is 0.538. The van der Waals surface area contributed by atoms with Gasteiger partial charge in [-0.1, -0.05) is 6.07 Å². The van der Waals surface area contributed by atoms with Gasteiger partial charge in [0.25, 0.3) is 0 Å². The normalized spacial score (nSPS) is 12.8. The van der Waals surface area contributed by atoms with E-state index in [2.05, 4.69) is 5.32 Å². The zero-order valence-electron chi connectivity index (χ0n) is 10.5. The summed E-state index contributed by atoms with van der Waals surface area (Å²) in [5.74, 6) is -0.982. The molecule has 2 nitrogen and oxygen atoms in total. The number of nitrogens with one attached hydrogen (secondary N) is 1. The third-order valence-electron chi connectivity index (χ3n) is 2.77. The van der Waals surface area contributed by atoms with E-state index < -0.39 is 11.6 Å². The van der Waals surface area contributed by atoms with E-state index in [1.54, 1.807) is 14.0 Å². The number of rotatable bonds is 6. The summed E-state index contributed by atoms with van der Waals surface area (Å²) in [6.07, 6.45) is 0.543. The Kier molecular flexibility index (Phi) is 5.51. The smallest absolute Gasteiger partial charge is 0.133 e. The molecule has 0 spiro atoms. The summed E-state index contributed by atoms with van der Waals surface area (Å²) >= 11 is 0. The van der Waals surface area contributed by atoms with Crippen LogP contribution in [0.4, 0.5) is 8.78 Å². The summed E-state index contributed by atoms with van der Waals surface area (Å²) in [7, 11) is 1.69. The van der Waals surface area contributed by atoms with Crippen LogP contribution in [0, 0.1) is 18.6 Å². The Morgan fingerprint density at radius 3 is 2.65 bits per heavy atom. The first-order valence-corrected chi connectivity index (χ1v) is 5.81. The van der Waals surface area contributed by atoms with Gasteiger partial charge in [0.15, 0.2) is 0 Å². The second-order valence-electron chi connectivity index (χ2n) is 3.92. The average molecular weight is 243 g/mol. The molecule has 1 N–H and O–H groups in total. The lowest BCUT2D eigenvalue weighted by molar-refractivity contribution is 0.136. The quantitative estimate of drug-likeness (QED) is 0.776. The SMILES string of the molecule is CCOCCC(NC)c1c(F)ccc(C)c1F. The molecule has 1 unspecified atom stereocenters. The Morgan fingerprint density at radius 1 is 1.35 bits per heavy atom. The van der Waals surface area contributed by atoms with Crippen molar-refractivity contribution >= 4 is 0 Å². The Hall–Kier alpha value is -1.00. The first kappa shape index (κ1) is 14.1. The predicted octanol–water partition coefficient (Wildman–Crippen LogP) is 2.96. The molecule has 1 rings (SSSR count). The highest BCUT2D eigenvalue weighted by atomic mass is 19.1. The molecular formula is C13H19F2NO. The number of hydrogen-bond acceptors (Lipinski definition) is 2. The van der Waals surface area contributed by atoms with Gasteiger partial charge in [-0.2, -0.15) is 0 Å². The van der Waals surface area contributed by atoms with E-state index in [0.29, 0.717) is 25.2 Å².